The number of hydrogen-bond donors (Lipinski definition) is 1. The van der Waals surface area contributed by atoms with Crippen LogP contribution in [0.25, 0.3) is 11.0 Å². The summed E-state index contributed by atoms with van der Waals surface area (Å²) in [7, 11) is 3.22. The van der Waals surface area contributed by atoms with Crippen molar-refractivity contribution in [1.29, 1.82) is 0 Å². The summed E-state index contributed by atoms with van der Waals surface area (Å²) in [5.74, 6) is 1.56. The average Bonchev–Trinajstić information content (AvgIpc) is 2.96. The summed E-state index contributed by atoms with van der Waals surface area (Å²) < 4.78 is 16.1. The van der Waals surface area contributed by atoms with Crippen molar-refractivity contribution >= 4 is 16.9 Å². The van der Waals surface area contributed by atoms with Gasteiger partial charge in [-0.1, -0.05) is 12.1 Å². The van der Waals surface area contributed by atoms with E-state index >= 15 is 0 Å². The highest BCUT2D eigenvalue weighted by Crippen LogP contribution is 2.28. The molecule has 1 amide bonds. The zero-order chi connectivity index (χ0) is 17.1. The van der Waals surface area contributed by atoms with Crippen LogP contribution in [0.4, 0.5) is 0 Å². The lowest BCUT2D eigenvalue weighted by molar-refractivity contribution is 0.0924. The Morgan fingerprint density at radius 2 is 1.83 bits per heavy atom. The van der Waals surface area contributed by atoms with E-state index in [9.17, 15) is 4.79 Å². The van der Waals surface area contributed by atoms with Crippen molar-refractivity contribution in [3.63, 3.8) is 0 Å². The Kier molecular flexibility index (Phi) is 4.42. The fourth-order valence-electron chi connectivity index (χ4n) is 2.59. The number of ether oxygens (including phenoxy) is 2. The van der Waals surface area contributed by atoms with Crippen molar-refractivity contribution < 1.29 is 18.7 Å². The molecule has 1 N–H and O–H groups in total. The normalized spacial score (nSPS) is 10.6. The van der Waals surface area contributed by atoms with Gasteiger partial charge in [0.2, 0.25) is 0 Å². The van der Waals surface area contributed by atoms with Gasteiger partial charge in [-0.15, -0.1) is 0 Å². The van der Waals surface area contributed by atoms with Crippen molar-refractivity contribution in [1.82, 2.24) is 5.32 Å². The van der Waals surface area contributed by atoms with E-state index in [0.29, 0.717) is 17.9 Å². The van der Waals surface area contributed by atoms with Crippen LogP contribution in [0.2, 0.25) is 0 Å². The third-order valence-corrected chi connectivity index (χ3v) is 3.94. The number of furan rings is 1. The molecule has 24 heavy (non-hydrogen) atoms. The van der Waals surface area contributed by atoms with Crippen molar-refractivity contribution in [3.05, 3.63) is 59.4 Å². The standard InChI is InChI=1S/C19H19NO4/c1-12-16-10-15(23-3)7-8-17(16)24-18(12)19(21)20-11-13-5-4-6-14(9-13)22-2/h4-10H,11H2,1-3H3,(H,20,21). The molecule has 0 saturated carbocycles. The van der Waals surface area contributed by atoms with E-state index in [2.05, 4.69) is 5.32 Å². The van der Waals surface area contributed by atoms with Gasteiger partial charge in [-0.05, 0) is 42.8 Å². The van der Waals surface area contributed by atoms with Gasteiger partial charge in [0.15, 0.2) is 5.76 Å². The summed E-state index contributed by atoms with van der Waals surface area (Å²) in [6.45, 7) is 2.27. The first-order valence-electron chi connectivity index (χ1n) is 7.60. The minimum Gasteiger partial charge on any atom is -0.497 e. The molecule has 0 saturated heterocycles. The molecule has 0 spiro atoms. The Bertz CT molecular complexity index is 882. The van der Waals surface area contributed by atoms with E-state index in [1.165, 1.54) is 0 Å². The molecule has 2 aromatic carbocycles. The number of nitrogens with one attached hydrogen (secondary N) is 1. The molecule has 0 aliphatic carbocycles. The number of methoxy groups -OCH3 is 2. The fraction of sp³-hybridized carbons (Fsp3) is 0.211. The smallest absolute Gasteiger partial charge is 0.287 e. The zero-order valence-corrected chi connectivity index (χ0v) is 13.9. The van der Waals surface area contributed by atoms with Crippen molar-refractivity contribution in [2.24, 2.45) is 0 Å². The van der Waals surface area contributed by atoms with Gasteiger partial charge in [0, 0.05) is 17.5 Å². The number of aryl methyl sites for hydroxylation is 1. The van der Waals surface area contributed by atoms with Gasteiger partial charge in [-0.3, -0.25) is 4.79 Å². The average molecular weight is 325 g/mol. The van der Waals surface area contributed by atoms with Crippen LogP contribution in [0.15, 0.2) is 46.9 Å². The van der Waals surface area contributed by atoms with Crippen LogP contribution >= 0.6 is 0 Å². The van der Waals surface area contributed by atoms with E-state index in [1.807, 2.05) is 43.3 Å². The Morgan fingerprint density at radius 3 is 2.58 bits per heavy atom. The summed E-state index contributed by atoms with van der Waals surface area (Å²) in [5.41, 5.74) is 2.42. The van der Waals surface area contributed by atoms with Gasteiger partial charge < -0.3 is 19.2 Å². The molecule has 1 aromatic heterocycles. The maximum absolute atomic E-state index is 12.5. The number of rotatable bonds is 5. The number of amides is 1. The highest BCUT2D eigenvalue weighted by atomic mass is 16.5. The molecule has 3 rings (SSSR count). The Labute approximate surface area is 140 Å². The van der Waals surface area contributed by atoms with E-state index in [4.69, 9.17) is 13.9 Å². The molecule has 3 aromatic rings. The number of hydrogen-bond acceptors (Lipinski definition) is 4. The first kappa shape index (κ1) is 15.9. The second-order valence-corrected chi connectivity index (χ2v) is 5.45. The summed E-state index contributed by atoms with van der Waals surface area (Å²) in [6, 6.07) is 13.0. The van der Waals surface area contributed by atoms with Gasteiger partial charge in [0.25, 0.3) is 5.91 Å². The monoisotopic (exact) mass is 325 g/mol. The molecule has 0 aliphatic rings. The van der Waals surface area contributed by atoms with Gasteiger partial charge in [0.05, 0.1) is 14.2 Å². The molecule has 0 aliphatic heterocycles. The van der Waals surface area contributed by atoms with Gasteiger partial charge in [-0.2, -0.15) is 0 Å². The third kappa shape index (κ3) is 3.06. The Balaban J connectivity index is 1.79. The minimum atomic E-state index is -0.245. The van der Waals surface area contributed by atoms with Crippen LogP contribution in [0.3, 0.4) is 0 Å². The molecule has 5 heteroatoms. The summed E-state index contributed by atoms with van der Waals surface area (Å²) >= 11 is 0. The molecule has 0 atom stereocenters. The number of carbonyl (C=O) groups is 1. The van der Waals surface area contributed by atoms with Crippen molar-refractivity contribution in [2.45, 2.75) is 13.5 Å². The molecule has 5 nitrogen and oxygen atoms in total. The second kappa shape index (κ2) is 6.66. The Hall–Kier alpha value is -2.95. The number of benzene rings is 2. The number of carbonyl (C=O) groups excluding carboxylic acids is 1. The molecule has 124 valence electrons. The van der Waals surface area contributed by atoms with Crippen molar-refractivity contribution in [2.75, 3.05) is 14.2 Å². The van der Waals surface area contributed by atoms with Gasteiger partial charge in [0.1, 0.15) is 17.1 Å². The second-order valence-electron chi connectivity index (χ2n) is 5.45. The lowest BCUT2D eigenvalue weighted by Crippen LogP contribution is -2.22. The van der Waals surface area contributed by atoms with Crippen LogP contribution in [0.5, 0.6) is 11.5 Å². The van der Waals surface area contributed by atoms with E-state index < -0.39 is 0 Å². The zero-order valence-electron chi connectivity index (χ0n) is 13.9. The molecule has 0 fully saturated rings. The van der Waals surface area contributed by atoms with Crippen LogP contribution in [-0.4, -0.2) is 20.1 Å². The topological polar surface area (TPSA) is 60.7 Å². The Morgan fingerprint density at radius 1 is 1.08 bits per heavy atom. The predicted octanol–water partition coefficient (Wildman–Crippen LogP) is 3.69. The molecule has 0 radical (unpaired) electrons. The van der Waals surface area contributed by atoms with E-state index in [1.54, 1.807) is 20.3 Å². The lowest BCUT2D eigenvalue weighted by Gasteiger charge is -2.06. The summed E-state index contributed by atoms with van der Waals surface area (Å²) in [4.78, 5) is 12.5. The molecule has 0 bridgehead atoms. The van der Waals surface area contributed by atoms with Crippen molar-refractivity contribution in [3.8, 4) is 11.5 Å². The maximum Gasteiger partial charge on any atom is 0.287 e. The molecule has 0 unspecified atom stereocenters. The summed E-state index contributed by atoms with van der Waals surface area (Å²) in [6.07, 6.45) is 0. The highest BCUT2D eigenvalue weighted by molar-refractivity contribution is 5.99. The van der Waals surface area contributed by atoms with E-state index in [0.717, 1.165) is 28.0 Å². The number of fused-ring (bicyclic) bond motifs is 1. The first-order chi connectivity index (χ1) is 11.6. The third-order valence-electron chi connectivity index (χ3n) is 3.94. The fourth-order valence-corrected chi connectivity index (χ4v) is 2.59. The van der Waals surface area contributed by atoms with Crippen LogP contribution in [0.1, 0.15) is 21.7 Å². The highest BCUT2D eigenvalue weighted by Gasteiger charge is 2.17. The summed E-state index contributed by atoms with van der Waals surface area (Å²) in [5, 5.41) is 3.75. The van der Waals surface area contributed by atoms with Crippen LogP contribution in [0, 0.1) is 6.92 Å². The van der Waals surface area contributed by atoms with E-state index in [-0.39, 0.29) is 5.91 Å². The maximum atomic E-state index is 12.5. The van der Waals surface area contributed by atoms with Gasteiger partial charge in [-0.25, -0.2) is 0 Å². The molecule has 1 heterocycles. The quantitative estimate of drug-likeness (QED) is 0.777. The predicted molar refractivity (Wildman–Crippen MR) is 91.7 cm³/mol. The SMILES string of the molecule is COc1cccc(CNC(=O)c2oc3ccc(OC)cc3c2C)c1. The van der Waals surface area contributed by atoms with Gasteiger partial charge >= 0.3 is 0 Å². The molecular weight excluding hydrogens is 306 g/mol. The largest absolute Gasteiger partial charge is 0.497 e. The van der Waals surface area contributed by atoms with Crippen LogP contribution < -0.4 is 14.8 Å². The molecular formula is C19H19NO4. The lowest BCUT2D eigenvalue weighted by atomic mass is 10.1. The minimum absolute atomic E-state index is 0.245. The first-order valence-corrected chi connectivity index (χ1v) is 7.60. The van der Waals surface area contributed by atoms with Crippen LogP contribution in [-0.2, 0) is 6.54 Å².